The molecular formula is C32H31N6O5PS. The Bertz CT molecular complexity index is 1700. The molecule has 11 nitrogen and oxygen atoms in total. The van der Waals surface area contributed by atoms with Crippen molar-refractivity contribution in [2.75, 3.05) is 19.0 Å². The van der Waals surface area contributed by atoms with Crippen molar-refractivity contribution in [2.24, 2.45) is 5.16 Å². The number of carbonyl (C=O) groups excluding carboxylic acids is 2. The van der Waals surface area contributed by atoms with E-state index in [1.165, 1.54) is 12.0 Å². The van der Waals surface area contributed by atoms with Crippen LogP contribution in [0, 0.1) is 0 Å². The number of aromatic nitrogens is 2. The van der Waals surface area contributed by atoms with Crippen LogP contribution in [0.2, 0.25) is 0 Å². The Labute approximate surface area is 263 Å². The fourth-order valence-corrected chi connectivity index (χ4v) is 11.7. The van der Waals surface area contributed by atoms with E-state index in [1.807, 2.05) is 54.6 Å². The Morgan fingerprint density at radius 2 is 1.58 bits per heavy atom. The van der Waals surface area contributed by atoms with Crippen molar-refractivity contribution < 1.29 is 24.3 Å². The number of nitrogens with zero attached hydrogens (tertiary/aromatic N) is 4. The van der Waals surface area contributed by atoms with E-state index in [1.54, 1.807) is 0 Å². The first-order valence-corrected chi connectivity index (χ1v) is 17.3. The number of allylic oxidation sites excluding steroid dienone is 1. The molecule has 2 aliphatic heterocycles. The quantitative estimate of drug-likeness (QED) is 0.103. The monoisotopic (exact) mass is 642 g/mol. The predicted octanol–water partition coefficient (Wildman–Crippen LogP) is 2.03. The van der Waals surface area contributed by atoms with E-state index in [4.69, 9.17) is 10.6 Å². The number of rotatable bonds is 10. The van der Waals surface area contributed by atoms with Crippen LogP contribution in [-0.4, -0.2) is 68.2 Å². The average molecular weight is 643 g/mol. The summed E-state index contributed by atoms with van der Waals surface area (Å²) in [6.07, 6.45) is 1.40. The summed E-state index contributed by atoms with van der Waals surface area (Å²) in [5.41, 5.74) is 6.14. The SMILES string of the molecule is CO/N=C(/C(=O)NC1C(=O)N2C(C(=O)O)=C(C[PH](c3ccccc3)(c3ccccc3)c3ccccc3)CCC12)c1nsc(N)n1. The third-order valence-electron chi connectivity index (χ3n) is 8.36. The maximum atomic E-state index is 13.6. The molecule has 1 aromatic heterocycles. The Kier molecular flexibility index (Phi) is 8.42. The molecule has 1 saturated heterocycles. The van der Waals surface area contributed by atoms with E-state index >= 15 is 0 Å². The van der Waals surface area contributed by atoms with Gasteiger partial charge in [-0.05, 0) is 0 Å². The molecule has 0 radical (unpaired) electrons. The van der Waals surface area contributed by atoms with Gasteiger partial charge in [-0.15, -0.1) is 0 Å². The van der Waals surface area contributed by atoms with Crippen LogP contribution in [0.1, 0.15) is 18.7 Å². The van der Waals surface area contributed by atoms with Crippen molar-refractivity contribution in [1.82, 2.24) is 19.6 Å². The van der Waals surface area contributed by atoms with Gasteiger partial charge >= 0.3 is 259 Å². The number of hydrogen-bond donors (Lipinski definition) is 3. The molecule has 45 heavy (non-hydrogen) atoms. The first-order chi connectivity index (χ1) is 21.8. The Morgan fingerprint density at radius 1 is 1.02 bits per heavy atom. The van der Waals surface area contributed by atoms with Gasteiger partial charge in [-0.25, -0.2) is 0 Å². The Morgan fingerprint density at radius 3 is 2.04 bits per heavy atom. The fourth-order valence-electron chi connectivity index (χ4n) is 6.42. The molecule has 4 aromatic rings. The summed E-state index contributed by atoms with van der Waals surface area (Å²) in [6.45, 7) is 0. The van der Waals surface area contributed by atoms with E-state index in [2.05, 4.69) is 56.2 Å². The van der Waals surface area contributed by atoms with E-state index in [-0.39, 0.29) is 22.4 Å². The van der Waals surface area contributed by atoms with Crippen LogP contribution in [0.4, 0.5) is 5.13 Å². The summed E-state index contributed by atoms with van der Waals surface area (Å²) in [6, 6.07) is 29.2. The van der Waals surface area contributed by atoms with E-state index in [9.17, 15) is 19.5 Å². The number of β-lactam (4-membered cyclic amide) rings is 1. The number of fused-ring (bicyclic) bond motifs is 1. The van der Waals surface area contributed by atoms with Crippen LogP contribution in [0.15, 0.2) is 107 Å². The number of carbonyl (C=O) groups is 3. The molecule has 3 heterocycles. The molecule has 4 N–H and O–H groups in total. The zero-order chi connectivity index (χ0) is 31.6. The number of carboxylic acid groups (broad SMARTS) is 1. The average Bonchev–Trinajstić information content (AvgIpc) is 3.51. The first kappa shape index (κ1) is 30.1. The number of nitrogens with one attached hydrogen (secondary N) is 1. The van der Waals surface area contributed by atoms with Gasteiger partial charge in [0.1, 0.15) is 0 Å². The Hall–Kier alpha value is -4.93. The van der Waals surface area contributed by atoms with Crippen LogP contribution in [0.3, 0.4) is 0 Å². The number of aliphatic carboxylic acids is 1. The van der Waals surface area contributed by atoms with Gasteiger partial charge in [0.15, 0.2) is 0 Å². The van der Waals surface area contributed by atoms with E-state index in [0.717, 1.165) is 27.4 Å². The minimum atomic E-state index is -2.83. The molecule has 6 rings (SSSR count). The molecule has 0 spiro atoms. The number of oxime groups is 1. The Balaban J connectivity index is 1.37. The van der Waals surface area contributed by atoms with Crippen molar-refractivity contribution in [1.29, 1.82) is 0 Å². The molecule has 2 aliphatic rings. The van der Waals surface area contributed by atoms with Gasteiger partial charge in [0.2, 0.25) is 0 Å². The van der Waals surface area contributed by atoms with Crippen molar-refractivity contribution in [3.8, 4) is 0 Å². The summed E-state index contributed by atoms with van der Waals surface area (Å²) < 4.78 is 4.02. The van der Waals surface area contributed by atoms with Gasteiger partial charge in [-0.1, -0.05) is 0 Å². The normalized spacial score (nSPS) is 18.6. The number of nitrogens with two attached hydrogens (primary N) is 1. The summed E-state index contributed by atoms with van der Waals surface area (Å²) in [5, 5.41) is 20.5. The third-order valence-corrected chi connectivity index (χ3v) is 13.8. The van der Waals surface area contributed by atoms with Gasteiger partial charge in [0.05, 0.1) is 0 Å². The standard InChI is InChI=1S/C32H31N6O5PS/c1-43-36-26(28-35-32(33)45-37-28)29(39)34-25-24-18-17-20(27(31(41)42)38(24)30(25)40)19-44(21-11-5-2-6-12-21,22-13-7-3-8-14-22)23-15-9-4-10-16-23/h2-16,24-25,44H,17-19H2,1H3,(H,34,39)(H,41,42)(H2,33,35,37)/b36-26+. The van der Waals surface area contributed by atoms with Crippen molar-refractivity contribution in [2.45, 2.75) is 24.9 Å². The molecule has 0 bridgehead atoms. The fraction of sp³-hybridized carbons (Fsp3) is 0.188. The van der Waals surface area contributed by atoms with Gasteiger partial charge in [-0.2, -0.15) is 0 Å². The van der Waals surface area contributed by atoms with Crippen molar-refractivity contribution >= 4 is 63.3 Å². The van der Waals surface area contributed by atoms with Gasteiger partial charge < -0.3 is 5.73 Å². The number of amides is 2. The third kappa shape index (κ3) is 5.47. The number of benzene rings is 3. The number of anilines is 1. The maximum absolute atomic E-state index is 13.6. The van der Waals surface area contributed by atoms with E-state index < -0.39 is 37.1 Å². The molecule has 13 heteroatoms. The number of carboxylic acids is 1. The van der Waals surface area contributed by atoms with Crippen LogP contribution in [-0.2, 0) is 19.2 Å². The molecule has 2 amide bonds. The summed E-state index contributed by atoms with van der Waals surface area (Å²) in [5.74, 6) is -2.42. The summed E-state index contributed by atoms with van der Waals surface area (Å²) in [4.78, 5) is 49.8. The van der Waals surface area contributed by atoms with Gasteiger partial charge in [-0.3, -0.25) is 0 Å². The van der Waals surface area contributed by atoms with Crippen LogP contribution in [0.25, 0.3) is 0 Å². The molecule has 0 aliphatic carbocycles. The molecule has 2 unspecified atom stereocenters. The molecule has 2 atom stereocenters. The minimum absolute atomic E-state index is 0.0128. The zero-order valence-electron chi connectivity index (χ0n) is 24.3. The second kappa shape index (κ2) is 12.6. The first-order valence-electron chi connectivity index (χ1n) is 14.3. The second-order valence-corrected chi connectivity index (χ2v) is 15.5. The number of hydrogen-bond acceptors (Lipinski definition) is 9. The second-order valence-electron chi connectivity index (χ2n) is 10.8. The summed E-state index contributed by atoms with van der Waals surface area (Å²) in [7, 11) is -1.56. The predicted molar refractivity (Wildman–Crippen MR) is 176 cm³/mol. The van der Waals surface area contributed by atoms with Crippen LogP contribution in [0.5, 0.6) is 0 Å². The van der Waals surface area contributed by atoms with Crippen LogP contribution >= 0.6 is 18.8 Å². The molecule has 3 aromatic carbocycles. The molecule has 1 fully saturated rings. The summed E-state index contributed by atoms with van der Waals surface area (Å²) >= 11 is 0.894. The zero-order valence-corrected chi connectivity index (χ0v) is 26.1. The van der Waals surface area contributed by atoms with Gasteiger partial charge in [0, 0.05) is 0 Å². The van der Waals surface area contributed by atoms with Gasteiger partial charge in [0.25, 0.3) is 0 Å². The molecule has 0 saturated carbocycles. The van der Waals surface area contributed by atoms with Crippen LogP contribution < -0.4 is 27.0 Å². The number of nitrogen functional groups attached to an aromatic ring is 1. The van der Waals surface area contributed by atoms with Crippen molar-refractivity contribution in [3.05, 3.63) is 108 Å². The topological polar surface area (TPSA) is 160 Å². The van der Waals surface area contributed by atoms with E-state index in [0.29, 0.717) is 24.6 Å². The molecular weight excluding hydrogens is 611 g/mol. The van der Waals surface area contributed by atoms with Crippen molar-refractivity contribution in [3.63, 3.8) is 0 Å². The molecule has 230 valence electrons.